The van der Waals surface area contributed by atoms with Crippen LogP contribution in [-0.2, 0) is 5.75 Å². The van der Waals surface area contributed by atoms with Crippen molar-refractivity contribution >= 4 is 18.0 Å². The van der Waals surface area contributed by atoms with Gasteiger partial charge in [0.15, 0.2) is 0 Å². The summed E-state index contributed by atoms with van der Waals surface area (Å²) in [5.41, 5.74) is 2.24. The Morgan fingerprint density at radius 2 is 2.00 bits per heavy atom. The van der Waals surface area contributed by atoms with E-state index >= 15 is 0 Å². The number of para-hydroxylation sites is 1. The molecular weight excluding hydrogens is 352 g/mol. The molecule has 0 fully saturated rings. The van der Waals surface area contributed by atoms with Gasteiger partial charge in [-0.25, -0.2) is 0 Å². The zero-order chi connectivity index (χ0) is 18.4. The molecule has 134 valence electrons. The van der Waals surface area contributed by atoms with Gasteiger partial charge in [-0.2, -0.15) is 0 Å². The number of aldehydes is 1. The molecule has 0 spiro atoms. The third kappa shape index (κ3) is 4.05. The molecule has 26 heavy (non-hydrogen) atoms. The molecule has 6 nitrogen and oxygen atoms in total. The number of nitrogens with zero attached hydrogens (tertiary/aromatic N) is 2. The van der Waals surface area contributed by atoms with Gasteiger partial charge in [0.05, 0.1) is 19.3 Å². The van der Waals surface area contributed by atoms with Crippen LogP contribution in [0.4, 0.5) is 0 Å². The lowest BCUT2D eigenvalue weighted by Crippen LogP contribution is -1.93. The summed E-state index contributed by atoms with van der Waals surface area (Å²) in [5, 5.41) is 8.64. The van der Waals surface area contributed by atoms with Crippen LogP contribution in [0.3, 0.4) is 0 Å². The van der Waals surface area contributed by atoms with Crippen molar-refractivity contribution in [3.8, 4) is 23.0 Å². The summed E-state index contributed by atoms with van der Waals surface area (Å²) in [6.45, 7) is 2.48. The van der Waals surface area contributed by atoms with Crippen molar-refractivity contribution in [2.45, 2.75) is 17.9 Å². The first-order valence-electron chi connectivity index (χ1n) is 8.05. The quantitative estimate of drug-likeness (QED) is 0.433. The Morgan fingerprint density at radius 1 is 1.15 bits per heavy atom. The second-order valence-corrected chi connectivity index (χ2v) is 6.21. The molecule has 3 aromatic rings. The van der Waals surface area contributed by atoms with Crippen molar-refractivity contribution in [1.82, 2.24) is 10.2 Å². The van der Waals surface area contributed by atoms with Crippen LogP contribution in [0.25, 0.3) is 11.5 Å². The molecular formula is C19H18N2O4S. The molecule has 0 saturated carbocycles. The molecule has 1 aromatic heterocycles. The lowest BCUT2D eigenvalue weighted by Gasteiger charge is -2.07. The first-order valence-corrected chi connectivity index (χ1v) is 9.04. The predicted molar refractivity (Wildman–Crippen MR) is 98.8 cm³/mol. The minimum atomic E-state index is 0.408. The zero-order valence-corrected chi connectivity index (χ0v) is 15.3. The van der Waals surface area contributed by atoms with Crippen LogP contribution in [-0.4, -0.2) is 30.2 Å². The SMILES string of the molecule is CCOc1ccccc1-c1nnc(SCc2cc(C=O)ccc2OC)o1. The van der Waals surface area contributed by atoms with Gasteiger partial charge >= 0.3 is 0 Å². The van der Waals surface area contributed by atoms with Crippen molar-refractivity contribution in [3.63, 3.8) is 0 Å². The Morgan fingerprint density at radius 3 is 2.77 bits per heavy atom. The second-order valence-electron chi connectivity index (χ2n) is 5.28. The molecule has 0 aliphatic heterocycles. The van der Waals surface area contributed by atoms with Crippen molar-refractivity contribution in [2.75, 3.05) is 13.7 Å². The highest BCUT2D eigenvalue weighted by molar-refractivity contribution is 7.98. The third-order valence-electron chi connectivity index (χ3n) is 3.62. The fourth-order valence-corrected chi connectivity index (χ4v) is 3.17. The molecule has 0 aliphatic rings. The highest BCUT2D eigenvalue weighted by Gasteiger charge is 2.14. The standard InChI is InChI=1S/C19H18N2O4S/c1-3-24-17-7-5-4-6-15(17)18-20-21-19(25-18)26-12-14-10-13(11-22)8-9-16(14)23-2/h4-11H,3,12H2,1-2H3. The smallest absolute Gasteiger partial charge is 0.277 e. The van der Waals surface area contributed by atoms with Crippen LogP contribution in [0.2, 0.25) is 0 Å². The Balaban J connectivity index is 1.77. The number of carbonyl (C=O) groups excluding carboxylic acids is 1. The maximum Gasteiger partial charge on any atom is 0.277 e. The fourth-order valence-electron chi connectivity index (χ4n) is 2.43. The summed E-state index contributed by atoms with van der Waals surface area (Å²) in [7, 11) is 1.60. The number of hydrogen-bond acceptors (Lipinski definition) is 7. The second kappa shape index (κ2) is 8.53. The Kier molecular flexibility index (Phi) is 5.91. The first kappa shape index (κ1) is 18.0. The van der Waals surface area contributed by atoms with Crippen LogP contribution in [0.15, 0.2) is 52.1 Å². The summed E-state index contributed by atoms with van der Waals surface area (Å²) < 4.78 is 16.7. The molecule has 0 atom stereocenters. The molecule has 0 aliphatic carbocycles. The lowest BCUT2D eigenvalue weighted by atomic mass is 10.1. The molecule has 0 saturated heterocycles. The minimum absolute atomic E-state index is 0.408. The Labute approximate surface area is 155 Å². The van der Waals surface area contributed by atoms with Crippen molar-refractivity contribution in [1.29, 1.82) is 0 Å². The van der Waals surface area contributed by atoms with Gasteiger partial charge in [-0.3, -0.25) is 4.79 Å². The molecule has 0 bridgehead atoms. The third-order valence-corrected chi connectivity index (χ3v) is 4.48. The highest BCUT2D eigenvalue weighted by atomic mass is 32.2. The fraction of sp³-hybridized carbons (Fsp3) is 0.211. The summed E-state index contributed by atoms with van der Waals surface area (Å²) in [5.74, 6) is 2.37. The zero-order valence-electron chi connectivity index (χ0n) is 14.5. The minimum Gasteiger partial charge on any atom is -0.496 e. The van der Waals surface area contributed by atoms with E-state index in [4.69, 9.17) is 13.9 Å². The number of carbonyl (C=O) groups is 1. The maximum atomic E-state index is 11.0. The number of rotatable bonds is 8. The van der Waals surface area contributed by atoms with Gasteiger partial charge in [0.25, 0.3) is 11.1 Å². The normalized spacial score (nSPS) is 10.5. The summed E-state index contributed by atoms with van der Waals surface area (Å²) in [6, 6.07) is 12.8. The Bertz CT molecular complexity index is 895. The van der Waals surface area contributed by atoms with E-state index in [1.54, 1.807) is 25.3 Å². The van der Waals surface area contributed by atoms with Gasteiger partial charge in [-0.05, 0) is 37.3 Å². The first-order chi connectivity index (χ1) is 12.7. The van der Waals surface area contributed by atoms with Gasteiger partial charge in [-0.15, -0.1) is 10.2 Å². The van der Waals surface area contributed by atoms with Crippen molar-refractivity contribution < 1.29 is 18.7 Å². The maximum absolute atomic E-state index is 11.0. The average molecular weight is 370 g/mol. The van der Waals surface area contributed by atoms with Gasteiger partial charge in [-0.1, -0.05) is 23.9 Å². The van der Waals surface area contributed by atoms with E-state index in [1.165, 1.54) is 11.8 Å². The van der Waals surface area contributed by atoms with Gasteiger partial charge in [0.1, 0.15) is 17.8 Å². The topological polar surface area (TPSA) is 74.5 Å². The molecule has 0 N–H and O–H groups in total. The molecule has 0 radical (unpaired) electrons. The van der Waals surface area contributed by atoms with Gasteiger partial charge < -0.3 is 13.9 Å². The molecule has 7 heteroatoms. The van der Waals surface area contributed by atoms with E-state index in [9.17, 15) is 4.79 Å². The summed E-state index contributed by atoms with van der Waals surface area (Å²) in [4.78, 5) is 11.0. The van der Waals surface area contributed by atoms with E-state index in [-0.39, 0.29) is 0 Å². The van der Waals surface area contributed by atoms with E-state index in [2.05, 4.69) is 10.2 Å². The average Bonchev–Trinajstić information content (AvgIpc) is 3.15. The summed E-state index contributed by atoms with van der Waals surface area (Å²) in [6.07, 6.45) is 0.809. The number of ether oxygens (including phenoxy) is 2. The van der Waals surface area contributed by atoms with Crippen molar-refractivity contribution in [2.24, 2.45) is 0 Å². The number of aromatic nitrogens is 2. The molecule has 0 amide bonds. The van der Waals surface area contributed by atoms with Crippen molar-refractivity contribution in [3.05, 3.63) is 53.6 Å². The number of thioether (sulfide) groups is 1. The Hall–Kier alpha value is -2.80. The largest absolute Gasteiger partial charge is 0.496 e. The lowest BCUT2D eigenvalue weighted by molar-refractivity contribution is 0.112. The molecule has 3 rings (SSSR count). The van der Waals surface area contributed by atoms with Crippen LogP contribution in [0, 0.1) is 0 Å². The van der Waals surface area contributed by atoms with Crippen LogP contribution in [0.5, 0.6) is 11.5 Å². The van der Waals surface area contributed by atoms with E-state index in [0.29, 0.717) is 40.5 Å². The highest BCUT2D eigenvalue weighted by Crippen LogP contribution is 2.32. The predicted octanol–water partition coefficient (Wildman–Crippen LogP) is 4.25. The number of methoxy groups -OCH3 is 1. The summed E-state index contributed by atoms with van der Waals surface area (Å²) >= 11 is 1.38. The van der Waals surface area contributed by atoms with E-state index in [0.717, 1.165) is 17.4 Å². The van der Waals surface area contributed by atoms with Crippen LogP contribution >= 0.6 is 11.8 Å². The molecule has 0 unspecified atom stereocenters. The molecule has 1 heterocycles. The number of hydrogen-bond donors (Lipinski definition) is 0. The molecule has 2 aromatic carbocycles. The monoisotopic (exact) mass is 370 g/mol. The van der Waals surface area contributed by atoms with E-state index in [1.807, 2.05) is 31.2 Å². The van der Waals surface area contributed by atoms with Gasteiger partial charge in [0, 0.05) is 16.9 Å². The number of benzene rings is 2. The van der Waals surface area contributed by atoms with Gasteiger partial charge in [0.2, 0.25) is 0 Å². The van der Waals surface area contributed by atoms with Crippen LogP contribution < -0.4 is 9.47 Å². The van der Waals surface area contributed by atoms with E-state index < -0.39 is 0 Å². The van der Waals surface area contributed by atoms with Crippen LogP contribution in [0.1, 0.15) is 22.8 Å².